The summed E-state index contributed by atoms with van der Waals surface area (Å²) < 4.78 is 30.2. The summed E-state index contributed by atoms with van der Waals surface area (Å²) in [7, 11) is -1.62. The molecule has 2 N–H and O–H groups in total. The molecule has 24 heavy (non-hydrogen) atoms. The molecule has 0 aromatic heterocycles. The average molecular weight is 376 g/mol. The smallest absolute Gasteiger partial charge is 0.319 e. The minimum atomic E-state index is -3.20. The highest BCUT2D eigenvalue weighted by Gasteiger charge is 2.37. The van der Waals surface area contributed by atoms with Crippen LogP contribution in [0.2, 0.25) is 5.02 Å². The average Bonchev–Trinajstić information content (AvgIpc) is 2.55. The Labute approximate surface area is 147 Å². The van der Waals surface area contributed by atoms with Crippen LogP contribution in [0.1, 0.15) is 12.8 Å². The molecule has 1 aliphatic rings. The number of benzene rings is 1. The summed E-state index contributed by atoms with van der Waals surface area (Å²) in [6.07, 6.45) is 2.23. The van der Waals surface area contributed by atoms with Crippen LogP contribution in [0.25, 0.3) is 0 Å². The number of ether oxygens (including phenoxy) is 1. The summed E-state index contributed by atoms with van der Waals surface area (Å²) >= 11 is 6.00. The minimum Gasteiger partial charge on any atom is -0.376 e. The van der Waals surface area contributed by atoms with Gasteiger partial charge in [0.25, 0.3) is 0 Å². The highest BCUT2D eigenvalue weighted by molar-refractivity contribution is 7.88. The van der Waals surface area contributed by atoms with Gasteiger partial charge in [-0.15, -0.1) is 0 Å². The van der Waals surface area contributed by atoms with Gasteiger partial charge in [-0.1, -0.05) is 23.7 Å². The lowest BCUT2D eigenvalue weighted by molar-refractivity contribution is -0.0415. The molecule has 1 fully saturated rings. The first-order chi connectivity index (χ1) is 11.3. The molecule has 0 aliphatic carbocycles. The van der Waals surface area contributed by atoms with E-state index in [4.69, 9.17) is 16.3 Å². The van der Waals surface area contributed by atoms with Gasteiger partial charge in [-0.3, -0.25) is 0 Å². The van der Waals surface area contributed by atoms with Crippen molar-refractivity contribution in [3.8, 4) is 0 Å². The summed E-state index contributed by atoms with van der Waals surface area (Å²) in [6, 6.07) is 6.57. The number of sulfonamides is 1. The van der Waals surface area contributed by atoms with Crippen molar-refractivity contribution in [2.75, 3.05) is 38.3 Å². The van der Waals surface area contributed by atoms with E-state index < -0.39 is 15.6 Å². The molecule has 1 aliphatic heterocycles. The Balaban J connectivity index is 1.90. The number of piperidine rings is 1. The van der Waals surface area contributed by atoms with Crippen molar-refractivity contribution in [1.82, 2.24) is 9.62 Å². The number of amides is 2. The fourth-order valence-electron chi connectivity index (χ4n) is 2.65. The summed E-state index contributed by atoms with van der Waals surface area (Å²) in [5.41, 5.74) is -0.0472. The standard InChI is InChI=1S/C15H22ClN3O4S/c1-23-15(7-9-19(10-8-15)24(2,21)22)11-17-14(20)18-13-6-4-3-5-12(13)16/h3-6H,7-11H2,1-2H3,(H2,17,18,20). The summed E-state index contributed by atoms with van der Waals surface area (Å²) in [5.74, 6) is 0. The number of hydrogen-bond acceptors (Lipinski definition) is 4. The second-order valence-electron chi connectivity index (χ2n) is 5.84. The molecule has 9 heteroatoms. The number of urea groups is 1. The molecule has 134 valence electrons. The van der Waals surface area contributed by atoms with E-state index in [0.717, 1.165) is 0 Å². The van der Waals surface area contributed by atoms with E-state index in [1.807, 2.05) is 0 Å². The van der Waals surface area contributed by atoms with Crippen molar-refractivity contribution in [2.24, 2.45) is 0 Å². The van der Waals surface area contributed by atoms with E-state index in [1.165, 1.54) is 10.6 Å². The van der Waals surface area contributed by atoms with Crippen LogP contribution < -0.4 is 10.6 Å². The summed E-state index contributed by atoms with van der Waals surface area (Å²) in [5, 5.41) is 5.91. The van der Waals surface area contributed by atoms with Gasteiger partial charge in [-0.25, -0.2) is 17.5 Å². The second-order valence-corrected chi connectivity index (χ2v) is 8.23. The van der Waals surface area contributed by atoms with E-state index in [0.29, 0.717) is 36.6 Å². The Morgan fingerprint density at radius 1 is 1.33 bits per heavy atom. The molecule has 2 rings (SSSR count). The maximum absolute atomic E-state index is 12.0. The molecule has 0 bridgehead atoms. The molecule has 2 amide bonds. The fourth-order valence-corrected chi connectivity index (χ4v) is 3.68. The van der Waals surface area contributed by atoms with Gasteiger partial charge in [0.05, 0.1) is 22.6 Å². The van der Waals surface area contributed by atoms with Gasteiger partial charge < -0.3 is 15.4 Å². The topological polar surface area (TPSA) is 87.7 Å². The number of nitrogens with one attached hydrogen (secondary N) is 2. The minimum absolute atomic E-state index is 0.289. The lowest BCUT2D eigenvalue weighted by Gasteiger charge is -2.39. The second kappa shape index (κ2) is 7.69. The molecule has 0 unspecified atom stereocenters. The monoisotopic (exact) mass is 375 g/mol. The highest BCUT2D eigenvalue weighted by Crippen LogP contribution is 2.26. The molecule has 1 aromatic carbocycles. The molecule has 7 nitrogen and oxygen atoms in total. The molecule has 1 heterocycles. The summed E-state index contributed by atoms with van der Waals surface area (Å²) in [6.45, 7) is 1.04. The number of hydrogen-bond donors (Lipinski definition) is 2. The van der Waals surface area contributed by atoms with Gasteiger partial charge in [0, 0.05) is 26.7 Å². The van der Waals surface area contributed by atoms with Gasteiger partial charge in [0.15, 0.2) is 0 Å². The summed E-state index contributed by atoms with van der Waals surface area (Å²) in [4.78, 5) is 12.0. The van der Waals surface area contributed by atoms with Crippen LogP contribution in [0.5, 0.6) is 0 Å². The van der Waals surface area contributed by atoms with Crippen molar-refractivity contribution in [3.05, 3.63) is 29.3 Å². The quantitative estimate of drug-likeness (QED) is 0.822. The molecular weight excluding hydrogens is 354 g/mol. The normalized spacial score (nSPS) is 18.1. The highest BCUT2D eigenvalue weighted by atomic mass is 35.5. The van der Waals surface area contributed by atoms with E-state index in [9.17, 15) is 13.2 Å². The molecule has 0 radical (unpaired) electrons. The number of nitrogens with zero attached hydrogens (tertiary/aromatic N) is 1. The van der Waals surface area contributed by atoms with E-state index in [2.05, 4.69) is 10.6 Å². The van der Waals surface area contributed by atoms with Gasteiger partial charge >= 0.3 is 6.03 Å². The lowest BCUT2D eigenvalue weighted by Crippen LogP contribution is -2.53. The number of rotatable bonds is 5. The molecular formula is C15H22ClN3O4S. The SMILES string of the molecule is COC1(CNC(=O)Nc2ccccc2Cl)CCN(S(C)(=O)=O)CC1. The number of anilines is 1. The Morgan fingerprint density at radius 2 is 1.96 bits per heavy atom. The predicted molar refractivity (Wildman–Crippen MR) is 93.9 cm³/mol. The third kappa shape index (κ3) is 4.83. The van der Waals surface area contributed by atoms with Gasteiger partial charge in [-0.2, -0.15) is 0 Å². The number of halogens is 1. The number of carbonyl (C=O) groups excluding carboxylic acids is 1. The fraction of sp³-hybridized carbons (Fsp3) is 0.533. The van der Waals surface area contributed by atoms with Crippen molar-refractivity contribution >= 4 is 33.3 Å². The zero-order valence-corrected chi connectivity index (χ0v) is 15.3. The number of carbonyl (C=O) groups is 1. The maximum atomic E-state index is 12.0. The zero-order valence-electron chi connectivity index (χ0n) is 13.7. The van der Waals surface area contributed by atoms with Crippen LogP contribution in [-0.4, -0.2) is 57.4 Å². The Hall–Kier alpha value is -1.35. The maximum Gasteiger partial charge on any atom is 0.319 e. The third-order valence-electron chi connectivity index (χ3n) is 4.23. The largest absolute Gasteiger partial charge is 0.376 e. The molecule has 0 spiro atoms. The first kappa shape index (κ1) is 19.0. The van der Waals surface area contributed by atoms with Gasteiger partial charge in [0.1, 0.15) is 0 Å². The first-order valence-electron chi connectivity index (χ1n) is 7.55. The predicted octanol–water partition coefficient (Wildman–Crippen LogP) is 1.90. The van der Waals surface area contributed by atoms with Gasteiger partial charge in [0.2, 0.25) is 10.0 Å². The van der Waals surface area contributed by atoms with Crippen molar-refractivity contribution in [2.45, 2.75) is 18.4 Å². The van der Waals surface area contributed by atoms with Crippen LogP contribution >= 0.6 is 11.6 Å². The van der Waals surface area contributed by atoms with E-state index in [1.54, 1.807) is 31.4 Å². The van der Waals surface area contributed by atoms with Gasteiger partial charge in [-0.05, 0) is 25.0 Å². The Morgan fingerprint density at radius 3 is 2.50 bits per heavy atom. The zero-order chi connectivity index (χ0) is 17.8. The first-order valence-corrected chi connectivity index (χ1v) is 9.78. The van der Waals surface area contributed by atoms with Crippen LogP contribution in [0.4, 0.5) is 10.5 Å². The van der Waals surface area contributed by atoms with Crippen molar-refractivity contribution in [1.29, 1.82) is 0 Å². The third-order valence-corrected chi connectivity index (χ3v) is 5.86. The van der Waals surface area contributed by atoms with Crippen LogP contribution in [0.15, 0.2) is 24.3 Å². The Kier molecular flexibility index (Phi) is 6.08. The van der Waals surface area contributed by atoms with Crippen LogP contribution in [-0.2, 0) is 14.8 Å². The molecule has 1 aromatic rings. The van der Waals surface area contributed by atoms with Crippen LogP contribution in [0.3, 0.4) is 0 Å². The van der Waals surface area contributed by atoms with Crippen molar-refractivity contribution in [3.63, 3.8) is 0 Å². The lowest BCUT2D eigenvalue weighted by atomic mass is 9.92. The number of methoxy groups -OCH3 is 1. The van der Waals surface area contributed by atoms with Crippen molar-refractivity contribution < 1.29 is 17.9 Å². The van der Waals surface area contributed by atoms with E-state index >= 15 is 0 Å². The van der Waals surface area contributed by atoms with Crippen LogP contribution in [0, 0.1) is 0 Å². The Bertz CT molecular complexity index is 688. The van der Waals surface area contributed by atoms with E-state index in [-0.39, 0.29) is 12.6 Å². The number of para-hydroxylation sites is 1. The molecule has 1 saturated heterocycles. The molecule has 0 saturated carbocycles. The molecule has 0 atom stereocenters.